The second kappa shape index (κ2) is 9.90. The summed E-state index contributed by atoms with van der Waals surface area (Å²) in [6.45, 7) is 3.31. The van der Waals surface area contributed by atoms with Gasteiger partial charge in [0.2, 0.25) is 5.91 Å². The third-order valence-electron chi connectivity index (χ3n) is 7.24. The third-order valence-corrected chi connectivity index (χ3v) is 7.24. The van der Waals surface area contributed by atoms with E-state index in [1.54, 1.807) is 0 Å². The number of benzene rings is 3. The number of para-hydroxylation sites is 4. The molecule has 0 bridgehead atoms. The Kier molecular flexibility index (Phi) is 6.16. The Morgan fingerprint density at radius 2 is 1.58 bits per heavy atom. The topological polar surface area (TPSA) is 52.3 Å². The Hall–Kier alpha value is -4.06. The number of likely N-dealkylation sites (tertiary alicyclic amines) is 1. The van der Waals surface area contributed by atoms with E-state index in [1.807, 2.05) is 59.6 Å². The lowest BCUT2D eigenvalue weighted by atomic mass is 9.96. The number of hydrogen-bond acceptors (Lipinski definition) is 3. The number of piperidine rings is 1. The quantitative estimate of drug-likeness (QED) is 0.310. The Morgan fingerprint density at radius 3 is 2.42 bits per heavy atom. The van der Waals surface area contributed by atoms with E-state index in [1.165, 1.54) is 5.39 Å². The van der Waals surface area contributed by atoms with Gasteiger partial charge in [-0.15, -0.1) is 0 Å². The van der Waals surface area contributed by atoms with Crippen molar-refractivity contribution in [1.29, 1.82) is 0 Å². The van der Waals surface area contributed by atoms with Crippen LogP contribution in [0.5, 0.6) is 5.75 Å². The molecule has 1 saturated heterocycles. The van der Waals surface area contributed by atoms with Gasteiger partial charge < -0.3 is 18.8 Å². The molecule has 1 amide bonds. The van der Waals surface area contributed by atoms with Crippen LogP contribution in [0.3, 0.4) is 0 Å². The number of aromatic nitrogens is 3. The van der Waals surface area contributed by atoms with Crippen LogP contribution in [0.4, 0.5) is 0 Å². The fourth-order valence-electron chi connectivity index (χ4n) is 5.25. The first-order valence-corrected chi connectivity index (χ1v) is 12.7. The highest BCUT2D eigenvalue weighted by atomic mass is 16.5. The van der Waals surface area contributed by atoms with Gasteiger partial charge >= 0.3 is 0 Å². The van der Waals surface area contributed by atoms with Crippen LogP contribution in [-0.2, 0) is 24.5 Å². The summed E-state index contributed by atoms with van der Waals surface area (Å²) >= 11 is 0. The van der Waals surface area contributed by atoms with Gasteiger partial charge in [0.25, 0.3) is 0 Å². The van der Waals surface area contributed by atoms with Gasteiger partial charge in [0, 0.05) is 31.3 Å². The molecule has 0 N–H and O–H groups in total. The van der Waals surface area contributed by atoms with Gasteiger partial charge in [-0.05, 0) is 60.5 Å². The molecule has 3 aromatic carbocycles. The van der Waals surface area contributed by atoms with E-state index < -0.39 is 0 Å². The largest absolute Gasteiger partial charge is 0.486 e. The molecule has 6 heteroatoms. The number of hydrogen-bond donors (Lipinski definition) is 0. The number of carbonyl (C=O) groups excluding carboxylic acids is 1. The first-order chi connectivity index (χ1) is 17.7. The minimum Gasteiger partial charge on any atom is -0.486 e. The van der Waals surface area contributed by atoms with Crippen LogP contribution in [-0.4, -0.2) is 38.0 Å². The lowest BCUT2D eigenvalue weighted by Gasteiger charge is -2.32. The highest BCUT2D eigenvalue weighted by Crippen LogP contribution is 2.25. The Balaban J connectivity index is 1.11. The van der Waals surface area contributed by atoms with Crippen LogP contribution in [0.2, 0.25) is 0 Å². The zero-order chi connectivity index (χ0) is 24.3. The van der Waals surface area contributed by atoms with Crippen molar-refractivity contribution < 1.29 is 9.53 Å². The summed E-state index contributed by atoms with van der Waals surface area (Å²) in [7, 11) is 0. The smallest absolute Gasteiger partial charge is 0.242 e. The summed E-state index contributed by atoms with van der Waals surface area (Å²) in [5.74, 6) is 2.48. The predicted octanol–water partition coefficient (Wildman–Crippen LogP) is 5.51. The van der Waals surface area contributed by atoms with Gasteiger partial charge in [-0.2, -0.15) is 0 Å². The van der Waals surface area contributed by atoms with Gasteiger partial charge in [-0.3, -0.25) is 4.79 Å². The van der Waals surface area contributed by atoms with Gasteiger partial charge in [0.05, 0.1) is 11.0 Å². The summed E-state index contributed by atoms with van der Waals surface area (Å²) in [4.78, 5) is 20.0. The second-order valence-electron chi connectivity index (χ2n) is 9.56. The molecule has 36 heavy (non-hydrogen) atoms. The van der Waals surface area contributed by atoms with Crippen LogP contribution in [0.25, 0.3) is 21.9 Å². The van der Waals surface area contributed by atoms with Crippen LogP contribution in [0, 0.1) is 5.92 Å². The van der Waals surface area contributed by atoms with Crippen molar-refractivity contribution in [3.63, 3.8) is 0 Å². The number of nitrogens with zero attached hydrogens (tertiary/aromatic N) is 4. The summed E-state index contributed by atoms with van der Waals surface area (Å²) in [6, 6.07) is 28.4. The summed E-state index contributed by atoms with van der Waals surface area (Å²) in [5.41, 5.74) is 3.25. The van der Waals surface area contributed by atoms with Crippen LogP contribution in [0.15, 0.2) is 91.1 Å². The molecule has 5 aromatic rings. The van der Waals surface area contributed by atoms with E-state index in [0.29, 0.717) is 19.1 Å². The molecule has 0 aliphatic carbocycles. The molecule has 0 spiro atoms. The maximum Gasteiger partial charge on any atom is 0.242 e. The van der Waals surface area contributed by atoms with E-state index in [4.69, 9.17) is 9.72 Å². The highest BCUT2D eigenvalue weighted by molar-refractivity contribution is 5.83. The maximum atomic E-state index is 13.1. The number of imidazole rings is 1. The number of rotatable bonds is 7. The Labute approximate surface area is 210 Å². The molecule has 0 unspecified atom stereocenters. The van der Waals surface area contributed by atoms with Crippen molar-refractivity contribution >= 4 is 27.8 Å². The molecule has 3 heterocycles. The van der Waals surface area contributed by atoms with E-state index in [9.17, 15) is 4.79 Å². The highest BCUT2D eigenvalue weighted by Gasteiger charge is 2.25. The SMILES string of the molecule is O=C(Cn1ccc2ccccc21)N1CCC(Cn2c(COc3ccccc3)nc3ccccc32)CC1. The van der Waals surface area contributed by atoms with Crippen LogP contribution in [0.1, 0.15) is 18.7 Å². The summed E-state index contributed by atoms with van der Waals surface area (Å²) < 4.78 is 10.4. The molecule has 1 aliphatic rings. The Morgan fingerprint density at radius 1 is 0.861 bits per heavy atom. The van der Waals surface area contributed by atoms with Crippen LogP contribution >= 0.6 is 0 Å². The summed E-state index contributed by atoms with van der Waals surface area (Å²) in [5, 5.41) is 1.17. The van der Waals surface area contributed by atoms with E-state index in [0.717, 1.165) is 60.6 Å². The molecule has 0 saturated carbocycles. The van der Waals surface area contributed by atoms with Gasteiger partial charge in [0.1, 0.15) is 24.7 Å². The van der Waals surface area contributed by atoms with Crippen molar-refractivity contribution in [1.82, 2.24) is 19.0 Å². The monoisotopic (exact) mass is 478 g/mol. The van der Waals surface area contributed by atoms with Crippen molar-refractivity contribution in [2.75, 3.05) is 13.1 Å². The fourth-order valence-corrected chi connectivity index (χ4v) is 5.25. The second-order valence-corrected chi connectivity index (χ2v) is 9.56. The zero-order valence-electron chi connectivity index (χ0n) is 20.3. The molecule has 6 nitrogen and oxygen atoms in total. The molecule has 0 radical (unpaired) electrons. The predicted molar refractivity (Wildman–Crippen MR) is 142 cm³/mol. The minimum absolute atomic E-state index is 0.194. The lowest BCUT2D eigenvalue weighted by Crippen LogP contribution is -2.41. The van der Waals surface area contributed by atoms with Gasteiger partial charge in [0.15, 0.2) is 0 Å². The molecular formula is C30H30N4O2. The van der Waals surface area contributed by atoms with Crippen molar-refractivity contribution in [3.05, 3.63) is 97.0 Å². The zero-order valence-corrected chi connectivity index (χ0v) is 20.3. The number of amides is 1. The van der Waals surface area contributed by atoms with Crippen molar-refractivity contribution in [2.45, 2.75) is 32.5 Å². The molecule has 2 aromatic heterocycles. The van der Waals surface area contributed by atoms with E-state index >= 15 is 0 Å². The maximum absolute atomic E-state index is 13.1. The van der Waals surface area contributed by atoms with Crippen molar-refractivity contribution in [3.8, 4) is 5.75 Å². The van der Waals surface area contributed by atoms with E-state index in [-0.39, 0.29) is 5.91 Å². The van der Waals surface area contributed by atoms with Gasteiger partial charge in [-0.25, -0.2) is 4.98 Å². The minimum atomic E-state index is 0.194. The standard InChI is InChI=1S/C30H30N4O2/c35-30(21-33-19-16-24-8-4-6-12-27(24)33)32-17-14-23(15-18-32)20-34-28-13-7-5-11-26(28)31-29(34)22-36-25-9-2-1-3-10-25/h1-13,16,19,23H,14-15,17-18,20-22H2. The summed E-state index contributed by atoms with van der Waals surface area (Å²) in [6.07, 6.45) is 3.99. The lowest BCUT2D eigenvalue weighted by molar-refractivity contribution is -0.133. The average Bonchev–Trinajstić information content (AvgIpc) is 3.50. The molecule has 0 atom stereocenters. The van der Waals surface area contributed by atoms with Crippen molar-refractivity contribution in [2.24, 2.45) is 5.92 Å². The molecule has 1 aliphatic heterocycles. The molecule has 6 rings (SSSR count). The molecule has 1 fully saturated rings. The normalized spacial score (nSPS) is 14.5. The first kappa shape index (κ1) is 22.4. The fraction of sp³-hybridized carbons (Fsp3) is 0.267. The Bertz CT molecular complexity index is 1480. The molecular weight excluding hydrogens is 448 g/mol. The van der Waals surface area contributed by atoms with Gasteiger partial charge in [-0.1, -0.05) is 48.5 Å². The number of ether oxygens (including phenoxy) is 1. The number of carbonyl (C=O) groups is 1. The first-order valence-electron chi connectivity index (χ1n) is 12.7. The molecule has 182 valence electrons. The number of fused-ring (bicyclic) bond motifs is 2. The average molecular weight is 479 g/mol. The van der Waals surface area contributed by atoms with E-state index in [2.05, 4.69) is 45.5 Å². The third kappa shape index (κ3) is 4.59. The van der Waals surface area contributed by atoms with Crippen LogP contribution < -0.4 is 4.74 Å².